The van der Waals surface area contributed by atoms with Crippen molar-refractivity contribution in [1.29, 1.82) is 0 Å². The molecule has 21 heavy (non-hydrogen) atoms. The molecule has 0 atom stereocenters. The normalized spacial score (nSPS) is 11.3. The highest BCUT2D eigenvalue weighted by Crippen LogP contribution is 2.30. The van der Waals surface area contributed by atoms with Crippen LogP contribution in [-0.2, 0) is 6.18 Å². The lowest BCUT2D eigenvalue weighted by atomic mass is 10.1. The maximum absolute atomic E-state index is 12.9. The minimum absolute atomic E-state index is 0.0424. The van der Waals surface area contributed by atoms with E-state index in [0.29, 0.717) is 0 Å². The number of rotatable bonds is 2. The van der Waals surface area contributed by atoms with Gasteiger partial charge in [0.05, 0.1) is 15.6 Å². The third kappa shape index (κ3) is 3.81. The number of benzene rings is 2. The first kappa shape index (κ1) is 15.5. The molecule has 2 aromatic carbocycles. The zero-order valence-corrected chi connectivity index (χ0v) is 11.8. The van der Waals surface area contributed by atoms with E-state index in [2.05, 4.69) is 15.9 Å². The SMILES string of the molecule is O=C(Oc1ccc(F)cc1Br)c1ccc(C(F)(F)F)cc1. The van der Waals surface area contributed by atoms with Crippen molar-refractivity contribution in [3.8, 4) is 5.75 Å². The summed E-state index contributed by atoms with van der Waals surface area (Å²) in [5, 5.41) is 0. The second kappa shape index (κ2) is 5.85. The van der Waals surface area contributed by atoms with Crippen LogP contribution in [0.2, 0.25) is 0 Å². The molecule has 0 spiro atoms. The van der Waals surface area contributed by atoms with Crippen LogP contribution in [-0.4, -0.2) is 5.97 Å². The molecule has 0 aromatic heterocycles. The average Bonchev–Trinajstić information content (AvgIpc) is 2.41. The monoisotopic (exact) mass is 362 g/mol. The molecule has 0 unspecified atom stereocenters. The van der Waals surface area contributed by atoms with Crippen molar-refractivity contribution in [2.24, 2.45) is 0 Å². The van der Waals surface area contributed by atoms with Gasteiger partial charge < -0.3 is 4.74 Å². The van der Waals surface area contributed by atoms with Crippen LogP contribution in [0.5, 0.6) is 5.75 Å². The molecule has 0 radical (unpaired) electrons. The molecule has 2 rings (SSSR count). The van der Waals surface area contributed by atoms with E-state index in [-0.39, 0.29) is 15.8 Å². The van der Waals surface area contributed by atoms with Crippen molar-refractivity contribution < 1.29 is 27.1 Å². The Kier molecular flexibility index (Phi) is 4.32. The van der Waals surface area contributed by atoms with E-state index in [1.54, 1.807) is 0 Å². The number of esters is 1. The zero-order valence-electron chi connectivity index (χ0n) is 10.2. The topological polar surface area (TPSA) is 26.3 Å². The molecule has 110 valence electrons. The lowest BCUT2D eigenvalue weighted by molar-refractivity contribution is -0.137. The van der Waals surface area contributed by atoms with E-state index in [1.807, 2.05) is 0 Å². The van der Waals surface area contributed by atoms with Gasteiger partial charge in [-0.15, -0.1) is 0 Å². The van der Waals surface area contributed by atoms with Crippen LogP contribution < -0.4 is 4.74 Å². The molecule has 0 aliphatic carbocycles. The third-order valence-corrected chi connectivity index (χ3v) is 3.16. The van der Waals surface area contributed by atoms with Gasteiger partial charge in [-0.05, 0) is 58.4 Å². The molecule has 0 saturated carbocycles. The van der Waals surface area contributed by atoms with Crippen LogP contribution in [0.4, 0.5) is 17.6 Å². The van der Waals surface area contributed by atoms with Gasteiger partial charge in [0, 0.05) is 0 Å². The summed E-state index contributed by atoms with van der Waals surface area (Å²) in [6.07, 6.45) is -4.47. The Bertz CT molecular complexity index is 666. The fourth-order valence-electron chi connectivity index (χ4n) is 1.51. The predicted molar refractivity (Wildman–Crippen MR) is 70.5 cm³/mol. The Morgan fingerprint density at radius 1 is 1.05 bits per heavy atom. The molecule has 0 fully saturated rings. The predicted octanol–water partition coefficient (Wildman–Crippen LogP) is 4.83. The van der Waals surface area contributed by atoms with Gasteiger partial charge in [-0.1, -0.05) is 0 Å². The zero-order chi connectivity index (χ0) is 15.6. The Morgan fingerprint density at radius 2 is 1.67 bits per heavy atom. The molecule has 0 heterocycles. The second-order valence-electron chi connectivity index (χ2n) is 4.04. The molecule has 0 saturated heterocycles. The first-order chi connectivity index (χ1) is 9.77. The molecule has 0 aliphatic heterocycles. The largest absolute Gasteiger partial charge is 0.422 e. The van der Waals surface area contributed by atoms with Crippen molar-refractivity contribution in [1.82, 2.24) is 0 Å². The highest BCUT2D eigenvalue weighted by atomic mass is 79.9. The molecule has 0 amide bonds. The molecule has 7 heteroatoms. The maximum atomic E-state index is 12.9. The van der Waals surface area contributed by atoms with Crippen molar-refractivity contribution in [3.63, 3.8) is 0 Å². The van der Waals surface area contributed by atoms with Crippen LogP contribution in [0, 0.1) is 5.82 Å². The fraction of sp³-hybridized carbons (Fsp3) is 0.0714. The first-order valence-corrected chi connectivity index (χ1v) is 6.41. The standard InChI is InChI=1S/C14H7BrF4O2/c15-11-7-10(16)5-6-12(11)21-13(20)8-1-3-9(4-2-8)14(17,18)19/h1-7H. The summed E-state index contributed by atoms with van der Waals surface area (Å²) >= 11 is 3.02. The van der Waals surface area contributed by atoms with Crippen molar-refractivity contribution in [2.45, 2.75) is 6.18 Å². The number of carbonyl (C=O) groups excluding carboxylic acids is 1. The van der Waals surface area contributed by atoms with E-state index in [9.17, 15) is 22.4 Å². The Hall–Kier alpha value is -1.89. The molecular formula is C14H7BrF4O2. The molecule has 2 aromatic rings. The number of carbonyl (C=O) groups is 1. The van der Waals surface area contributed by atoms with Gasteiger partial charge >= 0.3 is 12.1 Å². The quantitative estimate of drug-likeness (QED) is 0.434. The summed E-state index contributed by atoms with van der Waals surface area (Å²) in [7, 11) is 0. The summed E-state index contributed by atoms with van der Waals surface area (Å²) in [4.78, 5) is 11.8. The highest BCUT2D eigenvalue weighted by Gasteiger charge is 2.30. The van der Waals surface area contributed by atoms with Crippen LogP contribution in [0.25, 0.3) is 0 Å². The van der Waals surface area contributed by atoms with Gasteiger partial charge in [0.2, 0.25) is 0 Å². The van der Waals surface area contributed by atoms with Crippen LogP contribution in [0.3, 0.4) is 0 Å². The van der Waals surface area contributed by atoms with Crippen LogP contribution in [0.1, 0.15) is 15.9 Å². The second-order valence-corrected chi connectivity index (χ2v) is 4.89. The van der Waals surface area contributed by atoms with Gasteiger partial charge in [0.1, 0.15) is 11.6 Å². The Labute approximate surface area is 125 Å². The lowest BCUT2D eigenvalue weighted by Gasteiger charge is -2.08. The van der Waals surface area contributed by atoms with Crippen LogP contribution in [0.15, 0.2) is 46.9 Å². The maximum Gasteiger partial charge on any atom is 0.416 e. The minimum atomic E-state index is -4.47. The van der Waals surface area contributed by atoms with Crippen molar-refractivity contribution >= 4 is 21.9 Å². The van der Waals surface area contributed by atoms with E-state index >= 15 is 0 Å². The third-order valence-electron chi connectivity index (χ3n) is 2.54. The number of halogens is 5. The van der Waals surface area contributed by atoms with Gasteiger partial charge in [0.15, 0.2) is 0 Å². The summed E-state index contributed by atoms with van der Waals surface area (Å²) < 4.78 is 55.3. The van der Waals surface area contributed by atoms with E-state index in [1.165, 1.54) is 6.07 Å². The van der Waals surface area contributed by atoms with Crippen LogP contribution >= 0.6 is 15.9 Å². The average molecular weight is 363 g/mol. The smallest absolute Gasteiger partial charge is 0.416 e. The number of hydrogen-bond acceptors (Lipinski definition) is 2. The van der Waals surface area contributed by atoms with E-state index in [0.717, 1.165) is 36.4 Å². The van der Waals surface area contributed by atoms with Gasteiger partial charge in [0.25, 0.3) is 0 Å². The lowest BCUT2D eigenvalue weighted by Crippen LogP contribution is -2.10. The molecular weight excluding hydrogens is 356 g/mol. The highest BCUT2D eigenvalue weighted by molar-refractivity contribution is 9.10. The first-order valence-electron chi connectivity index (χ1n) is 5.62. The summed E-state index contributed by atoms with van der Waals surface area (Å²) in [5.41, 5.74) is -0.902. The summed E-state index contributed by atoms with van der Waals surface area (Å²) in [5.74, 6) is -1.28. The van der Waals surface area contributed by atoms with Crippen molar-refractivity contribution in [2.75, 3.05) is 0 Å². The van der Waals surface area contributed by atoms with Crippen molar-refractivity contribution in [3.05, 3.63) is 63.9 Å². The minimum Gasteiger partial charge on any atom is -0.422 e. The van der Waals surface area contributed by atoms with Gasteiger partial charge in [-0.25, -0.2) is 9.18 Å². The summed E-state index contributed by atoms with van der Waals surface area (Å²) in [6.45, 7) is 0. The fourth-order valence-corrected chi connectivity index (χ4v) is 1.94. The van der Waals surface area contributed by atoms with Gasteiger partial charge in [-0.2, -0.15) is 13.2 Å². The van der Waals surface area contributed by atoms with Gasteiger partial charge in [-0.3, -0.25) is 0 Å². The molecule has 2 nitrogen and oxygen atoms in total. The number of ether oxygens (including phenoxy) is 1. The summed E-state index contributed by atoms with van der Waals surface area (Å²) in [6, 6.07) is 7.05. The van der Waals surface area contributed by atoms with E-state index < -0.39 is 23.5 Å². The Morgan fingerprint density at radius 3 is 2.19 bits per heavy atom. The molecule has 0 N–H and O–H groups in total. The van der Waals surface area contributed by atoms with E-state index in [4.69, 9.17) is 4.74 Å². The molecule has 0 bridgehead atoms. The number of alkyl halides is 3. The number of hydrogen-bond donors (Lipinski definition) is 0. The Balaban J connectivity index is 2.17. The molecule has 0 aliphatic rings.